The van der Waals surface area contributed by atoms with E-state index in [2.05, 4.69) is 34.6 Å². The highest BCUT2D eigenvalue weighted by Crippen LogP contribution is 2.37. The molecule has 5 aromatic rings. The van der Waals surface area contributed by atoms with Crippen molar-refractivity contribution in [3.63, 3.8) is 0 Å². The lowest BCUT2D eigenvalue weighted by Gasteiger charge is -2.43. The van der Waals surface area contributed by atoms with Crippen LogP contribution < -0.4 is 15.8 Å². The zero-order valence-electron chi connectivity index (χ0n) is 40.3. The van der Waals surface area contributed by atoms with Gasteiger partial charge in [0, 0.05) is 50.7 Å². The van der Waals surface area contributed by atoms with Crippen molar-refractivity contribution in [3.8, 4) is 22.8 Å². The molecule has 8 heterocycles. The van der Waals surface area contributed by atoms with E-state index in [1.165, 1.54) is 12.7 Å². The minimum Gasteiger partial charge on any atom is -0.457 e. The summed E-state index contributed by atoms with van der Waals surface area (Å²) in [5.41, 5.74) is 10.7. The second-order valence-electron chi connectivity index (χ2n) is 20.4. The van der Waals surface area contributed by atoms with Crippen molar-refractivity contribution in [2.24, 2.45) is 5.92 Å². The molecule has 0 bridgehead atoms. The summed E-state index contributed by atoms with van der Waals surface area (Å²) >= 11 is 0. The van der Waals surface area contributed by atoms with E-state index >= 15 is 0 Å². The third-order valence-electron chi connectivity index (χ3n) is 16.1. The smallest absolute Gasteiger partial charge is 0.319 e. The van der Waals surface area contributed by atoms with Crippen LogP contribution in [-0.4, -0.2) is 145 Å². The number of ether oxygens (including phenoxy) is 1. The Hall–Kier alpha value is -6.72. The van der Waals surface area contributed by atoms with Crippen LogP contribution in [0.1, 0.15) is 115 Å². The average Bonchev–Trinajstić information content (AvgIpc) is 3.92. The molecule has 5 saturated heterocycles. The molecule has 17 heteroatoms. The van der Waals surface area contributed by atoms with Gasteiger partial charge in [-0.15, -0.1) is 0 Å². The Balaban J connectivity index is 0.611. The number of urea groups is 1. The van der Waals surface area contributed by atoms with Crippen LogP contribution in [0.15, 0.2) is 79.1 Å². The molecule has 2 aromatic heterocycles. The molecule has 6 aliphatic rings. The van der Waals surface area contributed by atoms with Gasteiger partial charge in [0.05, 0.1) is 22.6 Å². The van der Waals surface area contributed by atoms with E-state index in [-0.39, 0.29) is 30.8 Å². The molecule has 0 aliphatic carbocycles. The van der Waals surface area contributed by atoms with Crippen LogP contribution >= 0.6 is 0 Å². The molecule has 370 valence electrons. The highest BCUT2D eigenvalue weighted by Gasteiger charge is 2.45. The predicted molar refractivity (Wildman–Crippen MR) is 267 cm³/mol. The number of hydrogen-bond donors (Lipinski definition) is 2. The van der Waals surface area contributed by atoms with Crippen LogP contribution in [0.25, 0.3) is 22.3 Å². The van der Waals surface area contributed by atoms with Gasteiger partial charge in [0.2, 0.25) is 11.8 Å². The zero-order valence-corrected chi connectivity index (χ0v) is 40.3. The van der Waals surface area contributed by atoms with Crippen LogP contribution in [0.2, 0.25) is 0 Å². The van der Waals surface area contributed by atoms with Crippen LogP contribution in [0, 0.1) is 5.92 Å². The van der Waals surface area contributed by atoms with Crippen molar-refractivity contribution >= 4 is 46.5 Å². The van der Waals surface area contributed by atoms with Gasteiger partial charge >= 0.3 is 6.03 Å². The number of fused-ring (bicyclic) bond motifs is 2. The molecule has 11 rings (SSSR count). The maximum Gasteiger partial charge on any atom is 0.319 e. The number of amides is 6. The first-order valence-corrected chi connectivity index (χ1v) is 25.8. The molecular formula is C54H63N11O6. The summed E-state index contributed by atoms with van der Waals surface area (Å²) < 4.78 is 8.12. The predicted octanol–water partition coefficient (Wildman–Crippen LogP) is 6.86. The number of likely N-dealkylation sites (tertiary alicyclic amines) is 4. The van der Waals surface area contributed by atoms with E-state index < -0.39 is 23.8 Å². The number of rotatable bonds is 11. The van der Waals surface area contributed by atoms with E-state index in [0.717, 1.165) is 161 Å². The summed E-state index contributed by atoms with van der Waals surface area (Å²) in [6.07, 6.45) is 12.1. The number of benzene rings is 3. The van der Waals surface area contributed by atoms with Crippen molar-refractivity contribution in [1.29, 1.82) is 0 Å². The molecule has 6 amide bonds. The summed E-state index contributed by atoms with van der Waals surface area (Å²) in [4.78, 5) is 84.0. The highest BCUT2D eigenvalue weighted by molar-refractivity contribution is 6.23. The molecule has 3 aromatic carbocycles. The summed E-state index contributed by atoms with van der Waals surface area (Å²) in [6, 6.07) is 23.0. The molecule has 3 N–H and O–H groups in total. The standard InChI is InChI=1S/C54H63N11O6/c55-49-47-48(37-10-13-42(14-11-37)71-41-8-2-1-3-9-41)59-65(50(47)57-34-56-49)40-7-5-25-63(33-40)39-22-30-62(31-23-39)54(70)61-28-18-35(19-29-61)6-4-24-60-26-20-36(21-27-60)38-12-15-43-44(32-38)53(69)64(52(43)68)45-16-17-46(66)58-51(45)67/h1-3,8-15,32,34-36,39-40,45H,4-7,16-31,33H2,(H2,55,56,57)(H,58,66,67)/t40-,45?/m1/s1. The molecule has 17 nitrogen and oxygen atoms in total. The number of anilines is 1. The maximum atomic E-state index is 13.8. The van der Waals surface area contributed by atoms with Gasteiger partial charge in [-0.25, -0.2) is 19.4 Å². The van der Waals surface area contributed by atoms with Gasteiger partial charge in [-0.3, -0.25) is 34.3 Å². The molecule has 0 saturated carbocycles. The number of aromatic nitrogens is 4. The molecule has 5 fully saturated rings. The van der Waals surface area contributed by atoms with E-state index in [1.54, 1.807) is 6.07 Å². The van der Waals surface area contributed by atoms with Crippen LogP contribution in [-0.2, 0) is 9.59 Å². The number of nitrogens with zero attached hydrogens (tertiary/aromatic N) is 9. The fraction of sp³-hybridized carbons (Fsp3) is 0.481. The Morgan fingerprint density at radius 3 is 2.20 bits per heavy atom. The Labute approximate surface area is 413 Å². The molecule has 71 heavy (non-hydrogen) atoms. The second kappa shape index (κ2) is 20.2. The van der Waals surface area contributed by atoms with Crippen molar-refractivity contribution in [1.82, 2.24) is 49.6 Å². The zero-order chi connectivity index (χ0) is 48.6. The first-order valence-electron chi connectivity index (χ1n) is 25.8. The van der Waals surface area contributed by atoms with Crippen molar-refractivity contribution in [2.75, 3.05) is 64.6 Å². The minimum atomic E-state index is -0.957. The molecule has 6 aliphatic heterocycles. The molecule has 0 spiro atoms. The number of nitrogen functional groups attached to an aromatic ring is 1. The Morgan fingerprint density at radius 2 is 1.45 bits per heavy atom. The monoisotopic (exact) mass is 961 g/mol. The Kier molecular flexibility index (Phi) is 13.3. The second-order valence-corrected chi connectivity index (χ2v) is 20.4. The number of carbonyl (C=O) groups excluding carboxylic acids is 5. The third-order valence-corrected chi connectivity index (χ3v) is 16.1. The fourth-order valence-electron chi connectivity index (χ4n) is 12.1. The van der Waals surface area contributed by atoms with Crippen LogP contribution in [0.3, 0.4) is 0 Å². The summed E-state index contributed by atoms with van der Waals surface area (Å²) in [5.74, 6) is 0.971. The van der Waals surface area contributed by atoms with E-state index in [9.17, 15) is 24.0 Å². The van der Waals surface area contributed by atoms with Crippen molar-refractivity contribution in [2.45, 2.75) is 101 Å². The summed E-state index contributed by atoms with van der Waals surface area (Å²) in [5, 5.41) is 8.21. The van der Waals surface area contributed by atoms with E-state index in [4.69, 9.17) is 20.6 Å². The number of nitrogens with one attached hydrogen (secondary N) is 1. The van der Waals surface area contributed by atoms with Crippen LogP contribution in [0.4, 0.5) is 10.6 Å². The first kappa shape index (κ1) is 46.7. The fourth-order valence-corrected chi connectivity index (χ4v) is 12.1. The lowest BCUT2D eigenvalue weighted by molar-refractivity contribution is -0.136. The van der Waals surface area contributed by atoms with Crippen molar-refractivity contribution < 1.29 is 28.7 Å². The molecule has 0 radical (unpaired) electrons. The first-order chi connectivity index (χ1) is 34.6. The van der Waals surface area contributed by atoms with Gasteiger partial charge in [0.25, 0.3) is 11.8 Å². The number of piperidine rings is 5. The lowest BCUT2D eigenvalue weighted by atomic mass is 9.87. The molecular weight excluding hydrogens is 899 g/mol. The molecule has 2 atom stereocenters. The lowest BCUT2D eigenvalue weighted by Crippen LogP contribution is -2.54. The van der Waals surface area contributed by atoms with E-state index in [1.807, 2.05) is 66.7 Å². The number of carbonyl (C=O) groups is 5. The minimum absolute atomic E-state index is 0.103. The largest absolute Gasteiger partial charge is 0.457 e. The topological polar surface area (TPSA) is 192 Å². The number of nitrogens with two attached hydrogens (primary N) is 1. The van der Waals surface area contributed by atoms with Gasteiger partial charge in [0.15, 0.2) is 5.65 Å². The third kappa shape index (κ3) is 9.61. The average molecular weight is 962 g/mol. The number of hydrogen-bond acceptors (Lipinski definition) is 12. The van der Waals surface area contributed by atoms with Gasteiger partial charge in [-0.1, -0.05) is 24.3 Å². The van der Waals surface area contributed by atoms with Crippen molar-refractivity contribution in [3.05, 3.63) is 95.8 Å². The van der Waals surface area contributed by atoms with Gasteiger partial charge in [-0.05, 0) is 163 Å². The summed E-state index contributed by atoms with van der Waals surface area (Å²) in [6.45, 7) is 8.11. The van der Waals surface area contributed by atoms with E-state index in [0.29, 0.717) is 34.8 Å². The van der Waals surface area contributed by atoms with Gasteiger partial charge in [-0.2, -0.15) is 5.10 Å². The Bertz CT molecular complexity index is 2800. The van der Waals surface area contributed by atoms with Gasteiger partial charge in [0.1, 0.15) is 35.4 Å². The van der Waals surface area contributed by atoms with Crippen LogP contribution in [0.5, 0.6) is 11.5 Å². The SMILES string of the molecule is Nc1ncnc2c1c(-c1ccc(Oc3ccccc3)cc1)nn2[C@@H]1CCCN(C2CCN(C(=O)N3CCC(CCCN4CCC(c5ccc6c(c5)C(=O)N(C5CCC(=O)NC5=O)C6=O)CC4)CC3)CC2)C1. The normalized spacial score (nSPS) is 22.3. The quantitative estimate of drug-likeness (QED) is 0.131. The van der Waals surface area contributed by atoms with Gasteiger partial charge < -0.3 is 25.2 Å². The number of para-hydroxylation sites is 1. The summed E-state index contributed by atoms with van der Waals surface area (Å²) in [7, 11) is 0. The molecule has 1 unspecified atom stereocenters. The Morgan fingerprint density at radius 1 is 0.732 bits per heavy atom. The number of imide groups is 2. The maximum absolute atomic E-state index is 13.8. The highest BCUT2D eigenvalue weighted by atomic mass is 16.5.